The van der Waals surface area contributed by atoms with E-state index in [1.807, 2.05) is 0 Å². The SMILES string of the molecule is CCOC(=O)[C@H](Cc1ccc(NC(=O)c2cccc(NC=NN)c2)cc1)NC(=O)OC(C)C. The monoisotopic (exact) mass is 455 g/mol. The second-order valence-electron chi connectivity index (χ2n) is 7.26. The number of hydrogen-bond acceptors (Lipinski definition) is 7. The maximum Gasteiger partial charge on any atom is 0.408 e. The Bertz CT molecular complexity index is 975. The van der Waals surface area contributed by atoms with Crippen molar-refractivity contribution in [1.82, 2.24) is 5.32 Å². The van der Waals surface area contributed by atoms with E-state index in [4.69, 9.17) is 15.3 Å². The molecule has 2 aromatic rings. The summed E-state index contributed by atoms with van der Waals surface area (Å²) in [6, 6.07) is 12.9. The first-order valence-electron chi connectivity index (χ1n) is 10.4. The van der Waals surface area contributed by atoms with E-state index in [1.165, 1.54) is 6.34 Å². The molecule has 0 aliphatic rings. The maximum atomic E-state index is 12.6. The third kappa shape index (κ3) is 8.52. The zero-order valence-electron chi connectivity index (χ0n) is 18.8. The Kier molecular flexibility index (Phi) is 9.69. The topological polar surface area (TPSA) is 144 Å². The molecule has 176 valence electrons. The first kappa shape index (κ1) is 25.2. The minimum atomic E-state index is -0.899. The molecule has 10 nitrogen and oxygen atoms in total. The molecule has 2 rings (SSSR count). The Morgan fingerprint density at radius 1 is 1.09 bits per heavy atom. The average molecular weight is 456 g/mol. The van der Waals surface area contributed by atoms with E-state index in [0.717, 1.165) is 5.56 Å². The zero-order chi connectivity index (χ0) is 24.2. The summed E-state index contributed by atoms with van der Waals surface area (Å²) >= 11 is 0. The number of ether oxygens (including phenoxy) is 2. The van der Waals surface area contributed by atoms with Gasteiger partial charge < -0.3 is 31.3 Å². The van der Waals surface area contributed by atoms with Gasteiger partial charge in [-0.05, 0) is 56.7 Å². The number of nitrogens with zero attached hydrogens (tertiary/aromatic N) is 1. The lowest BCUT2D eigenvalue weighted by Crippen LogP contribution is -2.44. The molecule has 0 radical (unpaired) electrons. The summed E-state index contributed by atoms with van der Waals surface area (Å²) in [6.45, 7) is 5.31. The van der Waals surface area contributed by atoms with Crippen LogP contribution in [0.3, 0.4) is 0 Å². The maximum absolute atomic E-state index is 12.6. The van der Waals surface area contributed by atoms with E-state index in [1.54, 1.807) is 69.3 Å². The standard InChI is InChI=1S/C23H29N5O5/c1-4-32-22(30)20(28-23(31)33-15(2)3)12-16-8-10-18(11-9-16)27-21(29)17-6-5-7-19(13-17)25-14-26-24/h5-11,13-15,20H,4,12,24H2,1-3H3,(H,25,26)(H,27,29)(H,28,31)/t20-/m0/s1. The third-order valence-electron chi connectivity index (χ3n) is 4.29. The fourth-order valence-electron chi connectivity index (χ4n) is 2.85. The van der Waals surface area contributed by atoms with Crippen LogP contribution in [0.5, 0.6) is 0 Å². The highest BCUT2D eigenvalue weighted by molar-refractivity contribution is 6.05. The van der Waals surface area contributed by atoms with Gasteiger partial charge in [0.1, 0.15) is 12.4 Å². The summed E-state index contributed by atoms with van der Waals surface area (Å²) in [7, 11) is 0. The molecular formula is C23H29N5O5. The number of rotatable bonds is 10. The Labute approximate surface area is 192 Å². The fraction of sp³-hybridized carbons (Fsp3) is 0.304. The molecule has 0 aromatic heterocycles. The summed E-state index contributed by atoms with van der Waals surface area (Å²) in [5.41, 5.74) is 2.46. The molecular weight excluding hydrogens is 426 g/mol. The molecule has 0 saturated carbocycles. The van der Waals surface area contributed by atoms with Crippen LogP contribution in [-0.2, 0) is 20.7 Å². The van der Waals surface area contributed by atoms with Gasteiger partial charge in [-0.15, -0.1) is 0 Å². The lowest BCUT2D eigenvalue weighted by molar-refractivity contribution is -0.145. The second-order valence-corrected chi connectivity index (χ2v) is 7.26. The van der Waals surface area contributed by atoms with Crippen LogP contribution in [0.15, 0.2) is 53.6 Å². The smallest absolute Gasteiger partial charge is 0.408 e. The number of esters is 1. The molecule has 0 heterocycles. The summed E-state index contributed by atoms with van der Waals surface area (Å²) in [5, 5.41) is 11.6. The number of benzene rings is 2. The number of alkyl carbamates (subject to hydrolysis) is 1. The van der Waals surface area contributed by atoms with Gasteiger partial charge >= 0.3 is 12.1 Å². The number of hydrogen-bond donors (Lipinski definition) is 4. The fourth-order valence-corrected chi connectivity index (χ4v) is 2.85. The van der Waals surface area contributed by atoms with E-state index in [-0.39, 0.29) is 25.0 Å². The first-order chi connectivity index (χ1) is 15.8. The zero-order valence-corrected chi connectivity index (χ0v) is 18.8. The van der Waals surface area contributed by atoms with Crippen molar-refractivity contribution in [2.75, 3.05) is 17.2 Å². The van der Waals surface area contributed by atoms with Gasteiger partial charge in [-0.25, -0.2) is 9.59 Å². The number of nitrogens with one attached hydrogen (secondary N) is 3. The van der Waals surface area contributed by atoms with Gasteiger partial charge in [-0.3, -0.25) is 4.79 Å². The van der Waals surface area contributed by atoms with Crippen LogP contribution < -0.4 is 21.8 Å². The van der Waals surface area contributed by atoms with Crippen molar-refractivity contribution < 1.29 is 23.9 Å². The Morgan fingerprint density at radius 2 is 1.82 bits per heavy atom. The molecule has 2 aromatic carbocycles. The number of hydrazone groups is 1. The molecule has 33 heavy (non-hydrogen) atoms. The third-order valence-corrected chi connectivity index (χ3v) is 4.29. The minimum Gasteiger partial charge on any atom is -0.464 e. The molecule has 0 aliphatic carbocycles. The second kappa shape index (κ2) is 12.7. The van der Waals surface area contributed by atoms with Gasteiger partial charge in [-0.1, -0.05) is 18.2 Å². The number of amides is 2. The van der Waals surface area contributed by atoms with E-state index < -0.39 is 18.1 Å². The molecule has 0 unspecified atom stereocenters. The van der Waals surface area contributed by atoms with Crippen LogP contribution in [0, 0.1) is 0 Å². The highest BCUT2D eigenvalue weighted by Gasteiger charge is 2.23. The van der Waals surface area contributed by atoms with Crippen LogP contribution in [0.1, 0.15) is 36.7 Å². The lowest BCUT2D eigenvalue weighted by atomic mass is 10.1. The van der Waals surface area contributed by atoms with Crippen molar-refractivity contribution in [2.24, 2.45) is 10.9 Å². The Hall–Kier alpha value is -4.08. The van der Waals surface area contributed by atoms with Crippen molar-refractivity contribution in [2.45, 2.75) is 39.3 Å². The lowest BCUT2D eigenvalue weighted by Gasteiger charge is -2.18. The minimum absolute atomic E-state index is 0.191. The average Bonchev–Trinajstić information content (AvgIpc) is 2.78. The van der Waals surface area contributed by atoms with E-state index in [0.29, 0.717) is 16.9 Å². The van der Waals surface area contributed by atoms with Gasteiger partial charge in [0, 0.05) is 23.4 Å². The van der Waals surface area contributed by atoms with Gasteiger partial charge in [0.15, 0.2) is 0 Å². The molecule has 5 N–H and O–H groups in total. The molecule has 0 spiro atoms. The van der Waals surface area contributed by atoms with Crippen LogP contribution >= 0.6 is 0 Å². The Balaban J connectivity index is 2.04. The quantitative estimate of drug-likeness (QED) is 0.142. The molecule has 0 saturated heterocycles. The number of anilines is 2. The van der Waals surface area contributed by atoms with E-state index in [9.17, 15) is 14.4 Å². The number of nitrogens with two attached hydrogens (primary N) is 1. The molecule has 2 amide bonds. The van der Waals surface area contributed by atoms with Crippen LogP contribution in [-0.4, -0.2) is 43.1 Å². The largest absolute Gasteiger partial charge is 0.464 e. The van der Waals surface area contributed by atoms with Gasteiger partial charge in [0.25, 0.3) is 5.91 Å². The Morgan fingerprint density at radius 3 is 2.45 bits per heavy atom. The van der Waals surface area contributed by atoms with Crippen molar-refractivity contribution in [3.8, 4) is 0 Å². The van der Waals surface area contributed by atoms with Gasteiger partial charge in [-0.2, -0.15) is 5.10 Å². The van der Waals surface area contributed by atoms with Crippen LogP contribution in [0.25, 0.3) is 0 Å². The van der Waals surface area contributed by atoms with Gasteiger partial charge in [0.05, 0.1) is 12.7 Å². The summed E-state index contributed by atoms with van der Waals surface area (Å²) in [6.07, 6.45) is 0.510. The number of carbonyl (C=O) groups is 3. The summed E-state index contributed by atoms with van der Waals surface area (Å²) in [4.78, 5) is 36.8. The van der Waals surface area contributed by atoms with E-state index in [2.05, 4.69) is 21.1 Å². The van der Waals surface area contributed by atoms with Crippen molar-refractivity contribution in [3.63, 3.8) is 0 Å². The predicted molar refractivity (Wildman–Crippen MR) is 126 cm³/mol. The molecule has 0 fully saturated rings. The van der Waals surface area contributed by atoms with Crippen molar-refractivity contribution >= 4 is 35.7 Å². The number of carbonyl (C=O) groups excluding carboxylic acids is 3. The summed E-state index contributed by atoms with van der Waals surface area (Å²) < 4.78 is 10.1. The van der Waals surface area contributed by atoms with Crippen molar-refractivity contribution in [1.29, 1.82) is 0 Å². The predicted octanol–water partition coefficient (Wildman–Crippen LogP) is 2.86. The van der Waals surface area contributed by atoms with E-state index >= 15 is 0 Å². The van der Waals surface area contributed by atoms with Crippen LogP contribution in [0.2, 0.25) is 0 Å². The molecule has 0 bridgehead atoms. The first-order valence-corrected chi connectivity index (χ1v) is 10.4. The van der Waals surface area contributed by atoms with Crippen molar-refractivity contribution in [3.05, 3.63) is 59.7 Å². The summed E-state index contributed by atoms with van der Waals surface area (Å²) in [5.74, 6) is 4.22. The molecule has 10 heteroatoms. The van der Waals surface area contributed by atoms with Gasteiger partial charge in [0.2, 0.25) is 0 Å². The highest BCUT2D eigenvalue weighted by Crippen LogP contribution is 2.15. The molecule has 1 atom stereocenters. The normalized spacial score (nSPS) is 11.6. The molecule has 0 aliphatic heterocycles. The van der Waals surface area contributed by atoms with Crippen LogP contribution in [0.4, 0.5) is 16.2 Å². The highest BCUT2D eigenvalue weighted by atomic mass is 16.6.